The Bertz CT molecular complexity index is 1250. The van der Waals surface area contributed by atoms with E-state index in [2.05, 4.69) is 6.92 Å². The summed E-state index contributed by atoms with van der Waals surface area (Å²) in [5.41, 5.74) is 3.53. The van der Waals surface area contributed by atoms with Gasteiger partial charge in [-0.15, -0.1) is 0 Å². The SMILES string of the molecule is CCCc1ccc(-c2ccc3c(F)c(CCc4ccc(Cl)c(F)c4)ccc3c2)c(F)c1. The highest BCUT2D eigenvalue weighted by Gasteiger charge is 2.12. The summed E-state index contributed by atoms with van der Waals surface area (Å²) >= 11 is 5.72. The Morgan fingerprint density at radius 1 is 0.710 bits per heavy atom. The number of benzene rings is 4. The van der Waals surface area contributed by atoms with Crippen LogP contribution in [0.5, 0.6) is 0 Å². The Balaban J connectivity index is 1.60. The summed E-state index contributed by atoms with van der Waals surface area (Å²) in [4.78, 5) is 0. The van der Waals surface area contributed by atoms with Gasteiger partial charge in [-0.1, -0.05) is 67.4 Å². The highest BCUT2D eigenvalue weighted by molar-refractivity contribution is 6.30. The van der Waals surface area contributed by atoms with Gasteiger partial charge in [-0.25, -0.2) is 13.2 Å². The fourth-order valence-corrected chi connectivity index (χ4v) is 4.03. The smallest absolute Gasteiger partial charge is 0.142 e. The molecule has 0 aliphatic heterocycles. The third kappa shape index (κ3) is 4.62. The molecule has 0 fully saturated rings. The summed E-state index contributed by atoms with van der Waals surface area (Å²) in [5.74, 6) is -1.03. The minimum absolute atomic E-state index is 0.0767. The van der Waals surface area contributed by atoms with E-state index < -0.39 is 5.82 Å². The van der Waals surface area contributed by atoms with Crippen LogP contribution < -0.4 is 0 Å². The van der Waals surface area contributed by atoms with Gasteiger partial charge in [0.25, 0.3) is 0 Å². The van der Waals surface area contributed by atoms with Crippen LogP contribution in [0.15, 0.2) is 66.7 Å². The monoisotopic (exact) mass is 438 g/mol. The first-order chi connectivity index (χ1) is 15.0. The van der Waals surface area contributed by atoms with Gasteiger partial charge in [-0.05, 0) is 71.2 Å². The van der Waals surface area contributed by atoms with Crippen molar-refractivity contribution in [3.63, 3.8) is 0 Å². The van der Waals surface area contributed by atoms with Gasteiger partial charge in [-0.2, -0.15) is 0 Å². The van der Waals surface area contributed by atoms with Gasteiger partial charge in [0.1, 0.15) is 17.5 Å². The Kier molecular flexibility index (Phi) is 6.33. The molecule has 0 saturated carbocycles. The number of rotatable bonds is 6. The van der Waals surface area contributed by atoms with Crippen molar-refractivity contribution in [2.75, 3.05) is 0 Å². The molecule has 31 heavy (non-hydrogen) atoms. The molecule has 0 spiro atoms. The predicted octanol–water partition coefficient (Wildman–Crippen LogP) is 8.32. The van der Waals surface area contributed by atoms with Crippen molar-refractivity contribution in [2.24, 2.45) is 0 Å². The van der Waals surface area contributed by atoms with Crippen LogP contribution in [0.4, 0.5) is 13.2 Å². The van der Waals surface area contributed by atoms with E-state index in [9.17, 15) is 8.78 Å². The normalized spacial score (nSPS) is 11.3. The van der Waals surface area contributed by atoms with Gasteiger partial charge in [-0.3, -0.25) is 0 Å². The zero-order chi connectivity index (χ0) is 22.0. The molecule has 0 saturated heterocycles. The van der Waals surface area contributed by atoms with Gasteiger partial charge in [0.2, 0.25) is 0 Å². The maximum atomic E-state index is 15.1. The zero-order valence-electron chi connectivity index (χ0n) is 17.2. The number of hydrogen-bond donors (Lipinski definition) is 0. The van der Waals surface area contributed by atoms with Crippen LogP contribution in [0, 0.1) is 17.5 Å². The summed E-state index contributed by atoms with van der Waals surface area (Å²) in [7, 11) is 0. The molecule has 4 rings (SSSR count). The Labute approximate surface area is 185 Å². The van der Waals surface area contributed by atoms with Crippen LogP contribution >= 0.6 is 11.6 Å². The molecule has 0 unspecified atom stereocenters. The summed E-state index contributed by atoms with van der Waals surface area (Å²) in [6.45, 7) is 2.06. The van der Waals surface area contributed by atoms with Crippen molar-refractivity contribution in [2.45, 2.75) is 32.6 Å². The molecular formula is C27H22ClF3. The van der Waals surface area contributed by atoms with Crippen LogP contribution in [-0.4, -0.2) is 0 Å². The van der Waals surface area contributed by atoms with E-state index in [0.717, 1.165) is 29.5 Å². The summed E-state index contributed by atoms with van der Waals surface area (Å²) < 4.78 is 43.3. The largest absolute Gasteiger partial charge is 0.206 e. The van der Waals surface area contributed by atoms with Crippen LogP contribution in [0.3, 0.4) is 0 Å². The first-order valence-electron chi connectivity index (χ1n) is 10.4. The lowest BCUT2D eigenvalue weighted by Gasteiger charge is -2.10. The molecule has 0 heterocycles. The molecule has 0 aliphatic rings. The van der Waals surface area contributed by atoms with E-state index in [0.29, 0.717) is 34.7 Å². The van der Waals surface area contributed by atoms with Gasteiger partial charge in [0.15, 0.2) is 0 Å². The number of halogens is 4. The first-order valence-corrected chi connectivity index (χ1v) is 10.8. The first kappa shape index (κ1) is 21.5. The Morgan fingerprint density at radius 2 is 1.45 bits per heavy atom. The molecule has 4 aromatic rings. The highest BCUT2D eigenvalue weighted by atomic mass is 35.5. The number of fused-ring (bicyclic) bond motifs is 1. The van der Waals surface area contributed by atoms with E-state index in [1.54, 1.807) is 36.4 Å². The maximum absolute atomic E-state index is 15.1. The van der Waals surface area contributed by atoms with Crippen molar-refractivity contribution in [1.29, 1.82) is 0 Å². The average Bonchev–Trinajstić information content (AvgIpc) is 2.76. The molecule has 0 aromatic heterocycles. The molecule has 0 atom stereocenters. The standard InChI is InChI=1S/C27H22ClF3/c1-2-3-17-5-11-22(25(29)14-17)20-10-12-23-21(16-20)9-8-19(27(23)31)7-4-18-6-13-24(28)26(30)15-18/h5-6,8-16H,2-4,7H2,1H3. The summed E-state index contributed by atoms with van der Waals surface area (Å²) in [6.07, 6.45) is 2.75. The van der Waals surface area contributed by atoms with Gasteiger partial charge in [0.05, 0.1) is 5.02 Å². The van der Waals surface area contributed by atoms with Crippen molar-refractivity contribution < 1.29 is 13.2 Å². The molecular weight excluding hydrogens is 417 g/mol. The van der Waals surface area contributed by atoms with Crippen molar-refractivity contribution in [3.05, 3.63) is 106 Å². The van der Waals surface area contributed by atoms with Gasteiger partial charge >= 0.3 is 0 Å². The average molecular weight is 439 g/mol. The van der Waals surface area contributed by atoms with E-state index in [1.807, 2.05) is 18.2 Å². The van der Waals surface area contributed by atoms with Crippen LogP contribution in [-0.2, 0) is 19.3 Å². The van der Waals surface area contributed by atoms with Crippen LogP contribution in [0.1, 0.15) is 30.0 Å². The van der Waals surface area contributed by atoms with Crippen LogP contribution in [0.25, 0.3) is 21.9 Å². The molecule has 4 aromatic carbocycles. The molecule has 4 heteroatoms. The summed E-state index contributed by atoms with van der Waals surface area (Å²) in [6, 6.07) is 18.8. The van der Waals surface area contributed by atoms with E-state index in [1.165, 1.54) is 12.1 Å². The predicted molar refractivity (Wildman–Crippen MR) is 122 cm³/mol. The molecule has 0 aliphatic carbocycles. The summed E-state index contributed by atoms with van der Waals surface area (Å²) in [5, 5.41) is 1.28. The lowest BCUT2D eigenvalue weighted by atomic mass is 9.96. The molecule has 0 nitrogen and oxygen atoms in total. The van der Waals surface area contributed by atoms with Gasteiger partial charge in [0, 0.05) is 10.9 Å². The lowest BCUT2D eigenvalue weighted by molar-refractivity contribution is 0.617. The molecule has 0 radical (unpaired) electrons. The quantitative estimate of drug-likeness (QED) is 0.284. The molecule has 0 N–H and O–H groups in total. The molecule has 0 bridgehead atoms. The van der Waals surface area contributed by atoms with E-state index in [-0.39, 0.29) is 16.7 Å². The second kappa shape index (κ2) is 9.15. The second-order valence-electron chi connectivity index (χ2n) is 7.79. The van der Waals surface area contributed by atoms with E-state index >= 15 is 4.39 Å². The maximum Gasteiger partial charge on any atom is 0.142 e. The Hall–Kier alpha value is -2.78. The second-order valence-corrected chi connectivity index (χ2v) is 8.19. The minimum Gasteiger partial charge on any atom is -0.206 e. The third-order valence-corrected chi connectivity index (χ3v) is 5.89. The molecule has 0 amide bonds. The molecule has 158 valence electrons. The van der Waals surface area contributed by atoms with Gasteiger partial charge < -0.3 is 0 Å². The van der Waals surface area contributed by atoms with Crippen molar-refractivity contribution in [3.8, 4) is 11.1 Å². The van der Waals surface area contributed by atoms with E-state index in [4.69, 9.17) is 11.6 Å². The lowest BCUT2D eigenvalue weighted by Crippen LogP contribution is -1.97. The van der Waals surface area contributed by atoms with Crippen molar-refractivity contribution >= 4 is 22.4 Å². The number of aryl methyl sites for hydroxylation is 3. The number of hydrogen-bond acceptors (Lipinski definition) is 0. The fraction of sp³-hybridized carbons (Fsp3) is 0.185. The highest BCUT2D eigenvalue weighted by Crippen LogP contribution is 2.30. The zero-order valence-corrected chi connectivity index (χ0v) is 17.9. The van der Waals surface area contributed by atoms with Crippen molar-refractivity contribution in [1.82, 2.24) is 0 Å². The third-order valence-electron chi connectivity index (χ3n) is 5.58. The fourth-order valence-electron chi connectivity index (χ4n) is 3.91. The topological polar surface area (TPSA) is 0 Å². The minimum atomic E-state index is -0.472. The Morgan fingerprint density at radius 3 is 2.19 bits per heavy atom. The van der Waals surface area contributed by atoms with Crippen LogP contribution in [0.2, 0.25) is 5.02 Å².